The molecule has 1 aliphatic heterocycles. The first-order valence-electron chi connectivity index (χ1n) is 8.10. The third-order valence-corrected chi connectivity index (χ3v) is 4.13. The lowest BCUT2D eigenvalue weighted by atomic mass is 9.97. The van der Waals surface area contributed by atoms with Gasteiger partial charge in [0, 0.05) is 18.7 Å². The van der Waals surface area contributed by atoms with E-state index in [4.69, 9.17) is 4.74 Å². The SMILES string of the molecule is CCOC(=O)C1CCCN(C(=O)c2ccc(-n3cncn3)cc2)C1. The van der Waals surface area contributed by atoms with Crippen LogP contribution in [0.15, 0.2) is 36.9 Å². The van der Waals surface area contributed by atoms with E-state index < -0.39 is 0 Å². The van der Waals surface area contributed by atoms with Gasteiger partial charge < -0.3 is 9.64 Å². The Morgan fingerprint density at radius 2 is 2.08 bits per heavy atom. The molecule has 0 aliphatic carbocycles. The van der Waals surface area contributed by atoms with Crippen LogP contribution < -0.4 is 0 Å². The van der Waals surface area contributed by atoms with Crippen molar-refractivity contribution < 1.29 is 14.3 Å². The van der Waals surface area contributed by atoms with Gasteiger partial charge in [0.2, 0.25) is 0 Å². The van der Waals surface area contributed by atoms with E-state index in [1.807, 2.05) is 12.1 Å². The number of rotatable bonds is 4. The van der Waals surface area contributed by atoms with E-state index in [2.05, 4.69) is 10.1 Å². The molecule has 2 aromatic rings. The van der Waals surface area contributed by atoms with Crippen molar-refractivity contribution in [1.82, 2.24) is 19.7 Å². The number of benzene rings is 1. The maximum Gasteiger partial charge on any atom is 0.310 e. The summed E-state index contributed by atoms with van der Waals surface area (Å²) in [5.41, 5.74) is 1.44. The van der Waals surface area contributed by atoms with E-state index in [0.29, 0.717) is 25.3 Å². The first-order valence-corrected chi connectivity index (χ1v) is 8.10. The molecule has 7 heteroatoms. The number of nitrogens with zero attached hydrogens (tertiary/aromatic N) is 4. The van der Waals surface area contributed by atoms with Crippen LogP contribution in [0, 0.1) is 5.92 Å². The average molecular weight is 328 g/mol. The molecule has 1 unspecified atom stereocenters. The van der Waals surface area contributed by atoms with Crippen LogP contribution in [0.4, 0.5) is 0 Å². The van der Waals surface area contributed by atoms with Crippen LogP contribution in [-0.2, 0) is 9.53 Å². The topological polar surface area (TPSA) is 77.3 Å². The summed E-state index contributed by atoms with van der Waals surface area (Å²) in [7, 11) is 0. The molecule has 1 atom stereocenters. The van der Waals surface area contributed by atoms with Crippen molar-refractivity contribution in [3.63, 3.8) is 0 Å². The molecule has 0 radical (unpaired) electrons. The molecule has 1 aromatic heterocycles. The van der Waals surface area contributed by atoms with Crippen molar-refractivity contribution in [2.75, 3.05) is 19.7 Å². The molecule has 1 amide bonds. The molecule has 24 heavy (non-hydrogen) atoms. The van der Waals surface area contributed by atoms with Gasteiger partial charge in [-0.05, 0) is 44.0 Å². The Balaban J connectivity index is 1.68. The Morgan fingerprint density at radius 1 is 1.29 bits per heavy atom. The van der Waals surface area contributed by atoms with E-state index in [-0.39, 0.29) is 17.8 Å². The van der Waals surface area contributed by atoms with Gasteiger partial charge in [0.05, 0.1) is 18.2 Å². The van der Waals surface area contributed by atoms with Gasteiger partial charge in [0.25, 0.3) is 5.91 Å². The number of aromatic nitrogens is 3. The monoisotopic (exact) mass is 328 g/mol. The van der Waals surface area contributed by atoms with Gasteiger partial charge >= 0.3 is 5.97 Å². The zero-order valence-corrected chi connectivity index (χ0v) is 13.6. The van der Waals surface area contributed by atoms with E-state index in [1.165, 1.54) is 6.33 Å². The lowest BCUT2D eigenvalue weighted by molar-refractivity contribution is -0.149. The van der Waals surface area contributed by atoms with E-state index in [1.54, 1.807) is 35.0 Å². The highest BCUT2D eigenvalue weighted by atomic mass is 16.5. The molecule has 1 fully saturated rings. The predicted octanol–water partition coefficient (Wildman–Crippen LogP) is 1.68. The molecule has 0 spiro atoms. The maximum absolute atomic E-state index is 12.7. The number of piperidine rings is 1. The zero-order valence-electron chi connectivity index (χ0n) is 13.6. The largest absolute Gasteiger partial charge is 0.466 e. The minimum Gasteiger partial charge on any atom is -0.466 e. The summed E-state index contributed by atoms with van der Waals surface area (Å²) in [4.78, 5) is 30.2. The molecule has 126 valence electrons. The minimum absolute atomic E-state index is 0.0610. The second-order valence-corrected chi connectivity index (χ2v) is 5.73. The second-order valence-electron chi connectivity index (χ2n) is 5.73. The fraction of sp³-hybridized carbons (Fsp3) is 0.412. The molecule has 0 bridgehead atoms. The van der Waals surface area contributed by atoms with Crippen molar-refractivity contribution >= 4 is 11.9 Å². The highest BCUT2D eigenvalue weighted by Gasteiger charge is 2.29. The van der Waals surface area contributed by atoms with E-state index in [0.717, 1.165) is 18.5 Å². The zero-order chi connectivity index (χ0) is 16.9. The number of carbonyl (C=O) groups excluding carboxylic acids is 2. The first-order chi connectivity index (χ1) is 11.7. The Morgan fingerprint density at radius 3 is 2.75 bits per heavy atom. The number of esters is 1. The number of likely N-dealkylation sites (tertiary alicyclic amines) is 1. The van der Waals surface area contributed by atoms with Crippen LogP contribution in [0.1, 0.15) is 30.1 Å². The van der Waals surface area contributed by atoms with Crippen molar-refractivity contribution in [3.05, 3.63) is 42.5 Å². The van der Waals surface area contributed by atoms with Crippen LogP contribution in [0.3, 0.4) is 0 Å². The quantitative estimate of drug-likeness (QED) is 0.798. The van der Waals surface area contributed by atoms with E-state index in [9.17, 15) is 9.59 Å². The molecule has 7 nitrogen and oxygen atoms in total. The number of hydrogen-bond donors (Lipinski definition) is 0. The van der Waals surface area contributed by atoms with Gasteiger partial charge in [0.15, 0.2) is 0 Å². The Bertz CT molecular complexity index is 697. The first kappa shape index (κ1) is 16.2. The number of amides is 1. The third-order valence-electron chi connectivity index (χ3n) is 4.13. The fourth-order valence-corrected chi connectivity index (χ4v) is 2.89. The van der Waals surface area contributed by atoms with Crippen molar-refractivity contribution in [3.8, 4) is 5.69 Å². The maximum atomic E-state index is 12.7. The van der Waals surface area contributed by atoms with Gasteiger partial charge in [0.1, 0.15) is 12.7 Å². The molecule has 1 aromatic carbocycles. The molecule has 2 heterocycles. The molecule has 0 N–H and O–H groups in total. The van der Waals surface area contributed by atoms with Gasteiger partial charge in [-0.15, -0.1) is 0 Å². The highest BCUT2D eigenvalue weighted by Crippen LogP contribution is 2.20. The summed E-state index contributed by atoms with van der Waals surface area (Å²) in [6.45, 7) is 3.25. The van der Waals surface area contributed by atoms with Crippen molar-refractivity contribution in [2.24, 2.45) is 5.92 Å². The second kappa shape index (κ2) is 7.25. The molecular formula is C17H20N4O3. The summed E-state index contributed by atoms with van der Waals surface area (Å²) in [6, 6.07) is 7.20. The van der Waals surface area contributed by atoms with Crippen molar-refractivity contribution in [2.45, 2.75) is 19.8 Å². The summed E-state index contributed by atoms with van der Waals surface area (Å²) in [6.07, 6.45) is 4.65. The van der Waals surface area contributed by atoms with Crippen molar-refractivity contribution in [1.29, 1.82) is 0 Å². The minimum atomic E-state index is -0.225. The number of carbonyl (C=O) groups is 2. The summed E-state index contributed by atoms with van der Waals surface area (Å²) in [5, 5.41) is 4.06. The Labute approximate surface area is 140 Å². The highest BCUT2D eigenvalue weighted by molar-refractivity contribution is 5.94. The Kier molecular flexibility index (Phi) is 4.88. The molecular weight excluding hydrogens is 308 g/mol. The van der Waals surface area contributed by atoms with Gasteiger partial charge in [-0.25, -0.2) is 9.67 Å². The summed E-state index contributed by atoms with van der Waals surface area (Å²) >= 11 is 0. The molecule has 1 aliphatic rings. The van der Waals surface area contributed by atoms with Crippen LogP contribution in [0.25, 0.3) is 5.69 Å². The van der Waals surface area contributed by atoms with Crippen LogP contribution >= 0.6 is 0 Å². The molecule has 3 rings (SSSR count). The molecule has 0 saturated carbocycles. The van der Waals surface area contributed by atoms with Gasteiger partial charge in [-0.2, -0.15) is 5.10 Å². The van der Waals surface area contributed by atoms with E-state index >= 15 is 0 Å². The number of hydrogen-bond acceptors (Lipinski definition) is 5. The van der Waals surface area contributed by atoms with Crippen LogP contribution in [0.2, 0.25) is 0 Å². The lowest BCUT2D eigenvalue weighted by Gasteiger charge is -2.31. The van der Waals surface area contributed by atoms with Gasteiger partial charge in [-0.3, -0.25) is 9.59 Å². The third kappa shape index (κ3) is 3.45. The molecule has 1 saturated heterocycles. The lowest BCUT2D eigenvalue weighted by Crippen LogP contribution is -2.42. The predicted molar refractivity (Wildman–Crippen MR) is 86.6 cm³/mol. The van der Waals surface area contributed by atoms with Crippen LogP contribution in [-0.4, -0.2) is 51.2 Å². The summed E-state index contributed by atoms with van der Waals surface area (Å²) < 4.78 is 6.71. The fourth-order valence-electron chi connectivity index (χ4n) is 2.89. The van der Waals surface area contributed by atoms with Crippen LogP contribution in [0.5, 0.6) is 0 Å². The standard InChI is InChI=1S/C17H20N4O3/c1-2-24-17(23)14-4-3-9-20(10-14)16(22)13-5-7-15(8-6-13)21-12-18-11-19-21/h5-8,11-12,14H,2-4,9-10H2,1H3. The average Bonchev–Trinajstić information content (AvgIpc) is 3.16. The summed E-state index contributed by atoms with van der Waals surface area (Å²) in [5.74, 6) is -0.497. The smallest absolute Gasteiger partial charge is 0.310 e. The Hall–Kier alpha value is -2.70. The normalized spacial score (nSPS) is 17.5. The van der Waals surface area contributed by atoms with Gasteiger partial charge in [-0.1, -0.05) is 0 Å². The number of ether oxygens (including phenoxy) is 1.